The van der Waals surface area contributed by atoms with E-state index in [9.17, 15) is 0 Å². The van der Waals surface area contributed by atoms with E-state index in [2.05, 4.69) is 68.4 Å². The van der Waals surface area contributed by atoms with E-state index < -0.39 is 0 Å². The van der Waals surface area contributed by atoms with Gasteiger partial charge in [0.15, 0.2) is 0 Å². The van der Waals surface area contributed by atoms with Crippen molar-refractivity contribution in [1.29, 1.82) is 0 Å². The van der Waals surface area contributed by atoms with Gasteiger partial charge < -0.3 is 5.32 Å². The molecular weight excluding hydrogens is 234 g/mol. The molecule has 0 aliphatic carbocycles. The molecule has 2 rings (SSSR count). The first-order valence-corrected chi connectivity index (χ1v) is 6.87. The first-order valence-electron chi connectivity index (χ1n) is 6.87. The molecule has 0 radical (unpaired) electrons. The Balaban J connectivity index is 2.07. The number of aryl methyl sites for hydroxylation is 1. The Bertz CT molecular complexity index is 518. The second-order valence-electron chi connectivity index (χ2n) is 5.88. The molecule has 0 atom stereocenters. The van der Waals surface area contributed by atoms with Crippen molar-refractivity contribution < 1.29 is 0 Å². The van der Waals surface area contributed by atoms with Crippen LogP contribution in [-0.2, 0) is 13.0 Å². The number of rotatable bonds is 4. The van der Waals surface area contributed by atoms with Crippen molar-refractivity contribution in [2.75, 3.05) is 0 Å². The third-order valence-electron chi connectivity index (χ3n) is 3.05. The first-order chi connectivity index (χ1) is 8.98. The summed E-state index contributed by atoms with van der Waals surface area (Å²) in [7, 11) is 0. The largest absolute Gasteiger partial charge is 0.306 e. The smallest absolute Gasteiger partial charge is 0.0767 e. The number of benzene rings is 1. The maximum Gasteiger partial charge on any atom is 0.0767 e. The standard InChI is InChI=1S/C16H23N3/c1-5-13-6-8-15(9-7-13)19-11-10-14(18-19)12-17-16(2,3)4/h6-11,17H,5,12H2,1-4H3. The number of hydrogen-bond acceptors (Lipinski definition) is 2. The molecule has 0 unspecified atom stereocenters. The quantitative estimate of drug-likeness (QED) is 0.910. The van der Waals surface area contributed by atoms with Gasteiger partial charge in [-0.3, -0.25) is 0 Å². The van der Waals surface area contributed by atoms with E-state index in [1.54, 1.807) is 0 Å². The topological polar surface area (TPSA) is 29.9 Å². The molecule has 0 aliphatic heterocycles. The summed E-state index contributed by atoms with van der Waals surface area (Å²) < 4.78 is 1.93. The van der Waals surface area contributed by atoms with Crippen LogP contribution in [0.2, 0.25) is 0 Å². The zero-order valence-corrected chi connectivity index (χ0v) is 12.3. The molecule has 0 fully saturated rings. The second kappa shape index (κ2) is 5.57. The van der Waals surface area contributed by atoms with Crippen LogP contribution in [0.15, 0.2) is 36.5 Å². The summed E-state index contributed by atoms with van der Waals surface area (Å²) >= 11 is 0. The van der Waals surface area contributed by atoms with Gasteiger partial charge in [-0.15, -0.1) is 0 Å². The maximum atomic E-state index is 4.59. The highest BCUT2D eigenvalue weighted by Gasteiger charge is 2.09. The van der Waals surface area contributed by atoms with Gasteiger partial charge in [0, 0.05) is 18.3 Å². The second-order valence-corrected chi connectivity index (χ2v) is 5.88. The first kappa shape index (κ1) is 13.8. The molecule has 0 spiro atoms. The van der Waals surface area contributed by atoms with E-state index in [1.807, 2.05) is 10.9 Å². The average Bonchev–Trinajstić information content (AvgIpc) is 2.84. The van der Waals surface area contributed by atoms with Crippen LogP contribution in [0.1, 0.15) is 39.0 Å². The summed E-state index contributed by atoms with van der Waals surface area (Å²) in [4.78, 5) is 0. The molecule has 1 N–H and O–H groups in total. The fraction of sp³-hybridized carbons (Fsp3) is 0.438. The van der Waals surface area contributed by atoms with Crippen molar-refractivity contribution in [3.8, 4) is 5.69 Å². The van der Waals surface area contributed by atoms with Gasteiger partial charge in [-0.1, -0.05) is 19.1 Å². The maximum absolute atomic E-state index is 4.59. The lowest BCUT2D eigenvalue weighted by Crippen LogP contribution is -2.35. The van der Waals surface area contributed by atoms with Gasteiger partial charge >= 0.3 is 0 Å². The van der Waals surface area contributed by atoms with E-state index in [4.69, 9.17) is 0 Å². The molecule has 3 heteroatoms. The summed E-state index contributed by atoms with van der Waals surface area (Å²) in [5, 5.41) is 8.04. The monoisotopic (exact) mass is 257 g/mol. The molecule has 19 heavy (non-hydrogen) atoms. The molecule has 0 aliphatic rings. The van der Waals surface area contributed by atoms with Gasteiger partial charge in [0.25, 0.3) is 0 Å². The molecule has 2 aromatic rings. The van der Waals surface area contributed by atoms with Crippen molar-refractivity contribution in [1.82, 2.24) is 15.1 Å². The van der Waals surface area contributed by atoms with Gasteiger partial charge in [-0.05, 0) is 51.0 Å². The lowest BCUT2D eigenvalue weighted by Gasteiger charge is -2.19. The van der Waals surface area contributed by atoms with Crippen LogP contribution in [0, 0.1) is 0 Å². The molecule has 0 amide bonds. The lowest BCUT2D eigenvalue weighted by molar-refractivity contribution is 0.420. The van der Waals surface area contributed by atoms with Crippen molar-refractivity contribution in [2.24, 2.45) is 0 Å². The molecule has 1 aromatic carbocycles. The van der Waals surface area contributed by atoms with Crippen LogP contribution in [0.25, 0.3) is 5.69 Å². The highest BCUT2D eigenvalue weighted by molar-refractivity contribution is 5.34. The molecule has 0 bridgehead atoms. The van der Waals surface area contributed by atoms with Gasteiger partial charge in [-0.25, -0.2) is 4.68 Å². The number of aromatic nitrogens is 2. The predicted molar refractivity (Wildman–Crippen MR) is 79.5 cm³/mol. The zero-order chi connectivity index (χ0) is 13.9. The van der Waals surface area contributed by atoms with Crippen molar-refractivity contribution >= 4 is 0 Å². The summed E-state index contributed by atoms with van der Waals surface area (Å²) in [6.45, 7) is 9.44. The molecule has 1 heterocycles. The van der Waals surface area contributed by atoms with Gasteiger partial charge in [0.2, 0.25) is 0 Å². The van der Waals surface area contributed by atoms with E-state index >= 15 is 0 Å². The minimum absolute atomic E-state index is 0.118. The Labute approximate surface area is 115 Å². The average molecular weight is 257 g/mol. The highest BCUT2D eigenvalue weighted by Crippen LogP contribution is 2.10. The number of nitrogens with one attached hydrogen (secondary N) is 1. The molecule has 3 nitrogen and oxygen atoms in total. The summed E-state index contributed by atoms with van der Waals surface area (Å²) in [6.07, 6.45) is 3.08. The fourth-order valence-electron chi connectivity index (χ4n) is 1.84. The van der Waals surface area contributed by atoms with Crippen molar-refractivity contribution in [3.05, 3.63) is 47.8 Å². The van der Waals surface area contributed by atoms with Gasteiger partial charge in [-0.2, -0.15) is 5.10 Å². The lowest BCUT2D eigenvalue weighted by atomic mass is 10.1. The highest BCUT2D eigenvalue weighted by atomic mass is 15.3. The molecule has 1 aromatic heterocycles. The van der Waals surface area contributed by atoms with Crippen LogP contribution in [0.4, 0.5) is 0 Å². The predicted octanol–water partition coefficient (Wildman–Crippen LogP) is 3.32. The van der Waals surface area contributed by atoms with E-state index in [-0.39, 0.29) is 5.54 Å². The van der Waals surface area contributed by atoms with Crippen LogP contribution in [0.3, 0.4) is 0 Å². The molecular formula is C16H23N3. The minimum atomic E-state index is 0.118. The third-order valence-corrected chi connectivity index (χ3v) is 3.05. The van der Waals surface area contributed by atoms with E-state index in [0.717, 1.165) is 24.3 Å². The van der Waals surface area contributed by atoms with Crippen LogP contribution >= 0.6 is 0 Å². The van der Waals surface area contributed by atoms with E-state index in [0.29, 0.717) is 0 Å². The van der Waals surface area contributed by atoms with Gasteiger partial charge in [0.05, 0.1) is 11.4 Å². The SMILES string of the molecule is CCc1ccc(-n2ccc(CNC(C)(C)C)n2)cc1. The summed E-state index contributed by atoms with van der Waals surface area (Å²) in [6, 6.07) is 10.6. The van der Waals surface area contributed by atoms with Crippen molar-refractivity contribution in [3.63, 3.8) is 0 Å². The van der Waals surface area contributed by atoms with E-state index in [1.165, 1.54) is 5.56 Å². The Kier molecular flexibility index (Phi) is 4.05. The molecule has 0 saturated carbocycles. The zero-order valence-electron chi connectivity index (χ0n) is 12.3. The third kappa shape index (κ3) is 3.93. The summed E-state index contributed by atoms with van der Waals surface area (Å²) in [5.74, 6) is 0. The van der Waals surface area contributed by atoms with Crippen LogP contribution < -0.4 is 5.32 Å². The number of nitrogens with zero attached hydrogens (tertiary/aromatic N) is 2. The Hall–Kier alpha value is -1.61. The molecule has 0 saturated heterocycles. The van der Waals surface area contributed by atoms with Crippen molar-refractivity contribution in [2.45, 2.75) is 46.2 Å². The van der Waals surface area contributed by atoms with Crippen LogP contribution in [-0.4, -0.2) is 15.3 Å². The Morgan fingerprint density at radius 1 is 1.11 bits per heavy atom. The normalized spacial score (nSPS) is 11.8. The van der Waals surface area contributed by atoms with Crippen LogP contribution in [0.5, 0.6) is 0 Å². The Morgan fingerprint density at radius 3 is 2.37 bits per heavy atom. The summed E-state index contributed by atoms with van der Waals surface area (Å²) in [5.41, 5.74) is 3.64. The van der Waals surface area contributed by atoms with Gasteiger partial charge in [0.1, 0.15) is 0 Å². The molecule has 102 valence electrons. The minimum Gasteiger partial charge on any atom is -0.306 e. The number of hydrogen-bond donors (Lipinski definition) is 1. The fourth-order valence-corrected chi connectivity index (χ4v) is 1.84. The Morgan fingerprint density at radius 2 is 1.79 bits per heavy atom.